The molecule has 1 N–H and O–H groups in total. The average Bonchev–Trinajstić information content (AvgIpc) is 2.74. The van der Waals surface area contributed by atoms with Crippen molar-refractivity contribution in [1.82, 2.24) is 10.2 Å². The second kappa shape index (κ2) is 10.3. The Bertz CT molecular complexity index is 640. The number of amides is 2. The van der Waals surface area contributed by atoms with Gasteiger partial charge < -0.3 is 19.7 Å². The number of carbonyl (C=O) groups is 2. The zero-order chi connectivity index (χ0) is 19.8. The van der Waals surface area contributed by atoms with Crippen LogP contribution in [0.3, 0.4) is 0 Å². The molecule has 2 aliphatic rings. The van der Waals surface area contributed by atoms with Gasteiger partial charge in [0, 0.05) is 19.6 Å². The Kier molecular flexibility index (Phi) is 7.57. The molecular formula is C22H32N2O4. The van der Waals surface area contributed by atoms with Crippen LogP contribution >= 0.6 is 0 Å². The molecule has 28 heavy (non-hydrogen) atoms. The molecule has 1 saturated heterocycles. The van der Waals surface area contributed by atoms with Crippen LogP contribution < -0.4 is 10.1 Å². The van der Waals surface area contributed by atoms with Gasteiger partial charge in [-0.1, -0.05) is 18.6 Å². The number of nitrogens with zero attached hydrogens (tertiary/aromatic N) is 1. The van der Waals surface area contributed by atoms with E-state index in [9.17, 15) is 9.59 Å². The van der Waals surface area contributed by atoms with Crippen molar-refractivity contribution in [3.63, 3.8) is 0 Å². The molecule has 1 aliphatic carbocycles. The predicted molar refractivity (Wildman–Crippen MR) is 107 cm³/mol. The van der Waals surface area contributed by atoms with E-state index in [2.05, 4.69) is 5.32 Å². The molecule has 1 heterocycles. The molecule has 0 radical (unpaired) electrons. The number of nitrogens with one attached hydrogen (secondary N) is 1. The molecule has 1 aromatic carbocycles. The smallest absolute Gasteiger partial charge is 0.409 e. The number of hydrogen-bond acceptors (Lipinski definition) is 4. The maximum Gasteiger partial charge on any atom is 0.409 e. The fraction of sp³-hybridized carbons (Fsp3) is 0.636. The highest BCUT2D eigenvalue weighted by molar-refractivity contribution is 5.80. The van der Waals surface area contributed by atoms with Crippen LogP contribution in [0.15, 0.2) is 24.3 Å². The minimum Gasteiger partial charge on any atom is -0.490 e. The second-order valence-corrected chi connectivity index (χ2v) is 7.72. The van der Waals surface area contributed by atoms with Crippen molar-refractivity contribution in [3.05, 3.63) is 29.8 Å². The first-order chi connectivity index (χ1) is 13.7. The molecule has 1 unspecified atom stereocenters. The number of benzene rings is 1. The van der Waals surface area contributed by atoms with Crippen molar-refractivity contribution in [1.29, 1.82) is 0 Å². The van der Waals surface area contributed by atoms with Crippen LogP contribution in [0, 0.1) is 5.92 Å². The lowest BCUT2D eigenvalue weighted by Gasteiger charge is -2.31. The molecule has 154 valence electrons. The zero-order valence-corrected chi connectivity index (χ0v) is 16.8. The third kappa shape index (κ3) is 5.88. The van der Waals surface area contributed by atoms with Gasteiger partial charge in [0.15, 0.2) is 0 Å². The number of rotatable bonds is 6. The summed E-state index contributed by atoms with van der Waals surface area (Å²) in [6, 6.07) is 7.98. The van der Waals surface area contributed by atoms with E-state index in [0.29, 0.717) is 32.3 Å². The van der Waals surface area contributed by atoms with Crippen LogP contribution in [0.1, 0.15) is 57.4 Å². The summed E-state index contributed by atoms with van der Waals surface area (Å²) in [5.41, 5.74) is 1.04. The van der Waals surface area contributed by atoms with E-state index in [1.807, 2.05) is 24.3 Å². The van der Waals surface area contributed by atoms with Crippen LogP contribution in [0.4, 0.5) is 4.79 Å². The Morgan fingerprint density at radius 3 is 2.54 bits per heavy atom. The summed E-state index contributed by atoms with van der Waals surface area (Å²) in [5, 5.41) is 3.00. The molecule has 6 heteroatoms. The largest absolute Gasteiger partial charge is 0.490 e. The molecule has 1 aliphatic heterocycles. The first kappa shape index (κ1) is 20.5. The van der Waals surface area contributed by atoms with Gasteiger partial charge >= 0.3 is 6.09 Å². The molecule has 1 atom stereocenters. The molecule has 1 aromatic rings. The fourth-order valence-electron chi connectivity index (χ4n) is 3.97. The van der Waals surface area contributed by atoms with Crippen molar-refractivity contribution in [3.8, 4) is 5.75 Å². The molecule has 2 fully saturated rings. The SMILES string of the molecule is CCOC(=O)N1CCCC(C(=O)NCc2ccc(OC3CCCCC3)cc2)C1. The summed E-state index contributed by atoms with van der Waals surface area (Å²) in [6.45, 7) is 3.71. The minimum atomic E-state index is -0.325. The second-order valence-electron chi connectivity index (χ2n) is 7.72. The zero-order valence-electron chi connectivity index (χ0n) is 16.8. The third-order valence-corrected chi connectivity index (χ3v) is 5.56. The van der Waals surface area contributed by atoms with Gasteiger partial charge in [0.2, 0.25) is 5.91 Å². The van der Waals surface area contributed by atoms with Gasteiger partial charge in [-0.25, -0.2) is 4.79 Å². The van der Waals surface area contributed by atoms with Gasteiger partial charge in [-0.2, -0.15) is 0 Å². The summed E-state index contributed by atoms with van der Waals surface area (Å²) in [7, 11) is 0. The molecular weight excluding hydrogens is 356 g/mol. The van der Waals surface area contributed by atoms with Crippen LogP contribution in [0.2, 0.25) is 0 Å². The summed E-state index contributed by atoms with van der Waals surface area (Å²) < 4.78 is 11.1. The molecule has 2 amide bonds. The predicted octanol–water partition coefficient (Wildman–Crippen LogP) is 3.88. The maximum absolute atomic E-state index is 12.5. The van der Waals surface area contributed by atoms with Crippen molar-refractivity contribution >= 4 is 12.0 Å². The van der Waals surface area contributed by atoms with E-state index < -0.39 is 0 Å². The molecule has 1 saturated carbocycles. The Morgan fingerprint density at radius 1 is 1.07 bits per heavy atom. The highest BCUT2D eigenvalue weighted by atomic mass is 16.6. The van der Waals surface area contributed by atoms with E-state index in [4.69, 9.17) is 9.47 Å². The highest BCUT2D eigenvalue weighted by Crippen LogP contribution is 2.23. The van der Waals surface area contributed by atoms with Crippen molar-refractivity contribution in [2.75, 3.05) is 19.7 Å². The monoisotopic (exact) mass is 388 g/mol. The van der Waals surface area contributed by atoms with E-state index in [1.165, 1.54) is 19.3 Å². The molecule has 0 bridgehead atoms. The highest BCUT2D eigenvalue weighted by Gasteiger charge is 2.28. The Labute approximate surface area is 167 Å². The van der Waals surface area contributed by atoms with Crippen LogP contribution in [-0.2, 0) is 16.1 Å². The molecule has 3 rings (SSSR count). The van der Waals surface area contributed by atoms with Gasteiger partial charge in [0.25, 0.3) is 0 Å². The lowest BCUT2D eigenvalue weighted by atomic mass is 9.97. The minimum absolute atomic E-state index is 0.00321. The normalized spacial score (nSPS) is 20.5. The lowest BCUT2D eigenvalue weighted by molar-refractivity contribution is -0.126. The Morgan fingerprint density at radius 2 is 1.82 bits per heavy atom. The quantitative estimate of drug-likeness (QED) is 0.803. The lowest BCUT2D eigenvalue weighted by Crippen LogP contribution is -2.45. The molecule has 0 spiro atoms. The number of likely N-dealkylation sites (tertiary alicyclic amines) is 1. The molecule has 0 aromatic heterocycles. The summed E-state index contributed by atoms with van der Waals surface area (Å²) in [6.07, 6.45) is 7.75. The topological polar surface area (TPSA) is 67.9 Å². The van der Waals surface area contributed by atoms with Gasteiger partial charge in [-0.05, 0) is 63.1 Å². The first-order valence-corrected chi connectivity index (χ1v) is 10.6. The number of carbonyl (C=O) groups excluding carboxylic acids is 2. The average molecular weight is 389 g/mol. The number of piperidine rings is 1. The van der Waals surface area contributed by atoms with Gasteiger partial charge in [0.1, 0.15) is 5.75 Å². The van der Waals surface area contributed by atoms with Crippen LogP contribution in [0.5, 0.6) is 5.75 Å². The van der Waals surface area contributed by atoms with Crippen molar-refractivity contribution in [2.45, 2.75) is 64.5 Å². The Hall–Kier alpha value is -2.24. The number of ether oxygens (including phenoxy) is 2. The fourth-order valence-corrected chi connectivity index (χ4v) is 3.97. The van der Waals surface area contributed by atoms with Crippen molar-refractivity contribution in [2.24, 2.45) is 5.92 Å². The Balaban J connectivity index is 1.44. The standard InChI is InChI=1S/C22H32N2O4/c1-2-27-22(26)24-14-6-7-18(16-24)21(25)23-15-17-10-12-20(13-11-17)28-19-8-4-3-5-9-19/h10-13,18-19H,2-9,14-16H2,1H3,(H,23,25). The van der Waals surface area contributed by atoms with Gasteiger partial charge in [0.05, 0.1) is 18.6 Å². The maximum atomic E-state index is 12.5. The van der Waals surface area contributed by atoms with E-state index in [1.54, 1.807) is 11.8 Å². The molecule has 6 nitrogen and oxygen atoms in total. The van der Waals surface area contributed by atoms with Gasteiger partial charge in [-0.15, -0.1) is 0 Å². The summed E-state index contributed by atoms with van der Waals surface area (Å²) in [5.74, 6) is 0.725. The van der Waals surface area contributed by atoms with Crippen LogP contribution in [0.25, 0.3) is 0 Å². The van der Waals surface area contributed by atoms with Crippen LogP contribution in [-0.4, -0.2) is 42.7 Å². The van der Waals surface area contributed by atoms with Gasteiger partial charge in [-0.3, -0.25) is 4.79 Å². The van der Waals surface area contributed by atoms with E-state index in [0.717, 1.165) is 37.0 Å². The third-order valence-electron chi connectivity index (χ3n) is 5.56. The number of hydrogen-bond donors (Lipinski definition) is 1. The van der Waals surface area contributed by atoms with E-state index in [-0.39, 0.29) is 17.9 Å². The van der Waals surface area contributed by atoms with Crippen molar-refractivity contribution < 1.29 is 19.1 Å². The first-order valence-electron chi connectivity index (χ1n) is 10.6. The van der Waals surface area contributed by atoms with E-state index >= 15 is 0 Å². The summed E-state index contributed by atoms with van der Waals surface area (Å²) in [4.78, 5) is 26.0. The summed E-state index contributed by atoms with van der Waals surface area (Å²) >= 11 is 0.